The maximum Gasteiger partial charge on any atom is 0.217 e. The van der Waals surface area contributed by atoms with E-state index < -0.39 is 72.3 Å². The van der Waals surface area contributed by atoms with Crippen LogP contribution >= 0.6 is 0 Å². The lowest BCUT2D eigenvalue weighted by molar-refractivity contribution is -0.120. The predicted octanol–water partition coefficient (Wildman–Crippen LogP) is 7.58. The van der Waals surface area contributed by atoms with Crippen molar-refractivity contribution < 1.29 is 49.4 Å². The Labute approximate surface area is 381 Å². The highest BCUT2D eigenvalue weighted by molar-refractivity contribution is 7.91. The number of carbonyl (C=O) groups is 1. The lowest BCUT2D eigenvalue weighted by Gasteiger charge is -2.40. The molecule has 2 aliphatic rings. The van der Waals surface area contributed by atoms with Crippen LogP contribution < -0.4 is 16.0 Å². The molecule has 65 heavy (non-hydrogen) atoms. The van der Waals surface area contributed by atoms with E-state index in [0.717, 1.165) is 87.5 Å². The van der Waals surface area contributed by atoms with E-state index in [1.165, 1.54) is 43.7 Å². The summed E-state index contributed by atoms with van der Waals surface area (Å²) in [5, 5.41) is 31.4. The maximum atomic E-state index is 13.6. The van der Waals surface area contributed by atoms with Crippen molar-refractivity contribution in [1.82, 2.24) is 16.0 Å². The van der Waals surface area contributed by atoms with E-state index in [1.54, 1.807) is 36.4 Å². The Kier molecular flexibility index (Phi) is 18.0. The van der Waals surface area contributed by atoms with E-state index in [9.17, 15) is 49.4 Å². The molecule has 4 aromatic rings. The number of aliphatic hydroxyl groups is 2. The quantitative estimate of drug-likeness (QED) is 0.0673. The summed E-state index contributed by atoms with van der Waals surface area (Å²) < 4.78 is 102. The molecule has 4 aromatic carbocycles. The molecule has 0 heterocycles. The molecule has 10 nitrogen and oxygen atoms in total. The number of sulfone groups is 2. The van der Waals surface area contributed by atoms with Gasteiger partial charge in [0.15, 0.2) is 19.7 Å². The molecule has 4 atom stereocenters. The smallest absolute Gasteiger partial charge is 0.217 e. The number of benzene rings is 4. The number of amides is 1. The van der Waals surface area contributed by atoms with Crippen LogP contribution in [-0.2, 0) is 48.4 Å². The average Bonchev–Trinajstić information content (AvgIpc) is 3.24. The van der Waals surface area contributed by atoms with Gasteiger partial charge in [-0.2, -0.15) is 0 Å². The van der Waals surface area contributed by atoms with Gasteiger partial charge in [-0.05, 0) is 115 Å². The maximum absolute atomic E-state index is 13.6. The third kappa shape index (κ3) is 14.9. The van der Waals surface area contributed by atoms with Crippen LogP contribution in [0.4, 0.5) is 17.6 Å². The number of halogens is 4. The van der Waals surface area contributed by atoms with E-state index in [1.807, 2.05) is 19.1 Å². The molecule has 356 valence electrons. The summed E-state index contributed by atoms with van der Waals surface area (Å²) in [4.78, 5) is 12.3. The van der Waals surface area contributed by atoms with Crippen molar-refractivity contribution in [2.45, 2.75) is 130 Å². The number of hydrogen-bond donors (Lipinski definition) is 5. The second kappa shape index (κ2) is 22.5. The van der Waals surface area contributed by atoms with Crippen LogP contribution in [0.25, 0.3) is 0 Å². The number of carbonyl (C=O) groups excluding carboxylic acids is 1. The summed E-state index contributed by atoms with van der Waals surface area (Å²) in [7, 11) is -6.69. The lowest BCUT2D eigenvalue weighted by atomic mass is 9.76. The van der Waals surface area contributed by atoms with Gasteiger partial charge in [0.1, 0.15) is 23.3 Å². The van der Waals surface area contributed by atoms with Crippen molar-refractivity contribution in [3.05, 3.63) is 130 Å². The SMILES string of the molecule is CC(=O)N[C@@H](Cc1cc(F)cc(F)c1)[C@H](O)CNC1(c2cccc(S(C)(=O)=O)c2)CCCCC1.C[C@@H](Cc1cc(F)cc(F)c1)[C@H](O)CNC1(c2cccc(S(C)(=O)=O)c2)CCCCC1. The molecule has 2 aliphatic carbocycles. The summed E-state index contributed by atoms with van der Waals surface area (Å²) >= 11 is 0. The van der Waals surface area contributed by atoms with E-state index >= 15 is 0 Å². The highest BCUT2D eigenvalue weighted by atomic mass is 32.2. The summed E-state index contributed by atoms with van der Waals surface area (Å²) in [6.07, 6.45) is 10.4. The van der Waals surface area contributed by atoms with Crippen LogP contribution in [0.3, 0.4) is 0 Å². The van der Waals surface area contributed by atoms with Crippen molar-refractivity contribution in [2.75, 3.05) is 25.6 Å². The Morgan fingerprint density at radius 2 is 0.985 bits per heavy atom. The van der Waals surface area contributed by atoms with Crippen LogP contribution in [0.2, 0.25) is 0 Å². The van der Waals surface area contributed by atoms with Crippen LogP contribution in [-0.4, -0.2) is 76.8 Å². The highest BCUT2D eigenvalue weighted by Gasteiger charge is 2.37. The zero-order valence-corrected chi connectivity index (χ0v) is 39.2. The van der Waals surface area contributed by atoms with Gasteiger partial charge in [0, 0.05) is 55.7 Å². The molecule has 0 unspecified atom stereocenters. The third-order valence-electron chi connectivity index (χ3n) is 12.7. The molecule has 0 spiro atoms. The summed E-state index contributed by atoms with van der Waals surface area (Å²) in [5.74, 6) is -3.28. The minimum atomic E-state index is -3.38. The average molecular weight is 946 g/mol. The van der Waals surface area contributed by atoms with E-state index in [4.69, 9.17) is 0 Å². The zero-order valence-electron chi connectivity index (χ0n) is 37.6. The Balaban J connectivity index is 0.000000245. The zero-order chi connectivity index (χ0) is 47.6. The Morgan fingerprint density at radius 3 is 1.37 bits per heavy atom. The predicted molar refractivity (Wildman–Crippen MR) is 244 cm³/mol. The van der Waals surface area contributed by atoms with Gasteiger partial charge < -0.3 is 26.2 Å². The van der Waals surface area contributed by atoms with Crippen molar-refractivity contribution in [1.29, 1.82) is 0 Å². The topological polar surface area (TPSA) is 162 Å². The van der Waals surface area contributed by atoms with E-state index in [2.05, 4.69) is 16.0 Å². The van der Waals surface area contributed by atoms with Gasteiger partial charge in [-0.3, -0.25) is 4.79 Å². The normalized spacial score (nSPS) is 18.1. The molecule has 0 aromatic heterocycles. The van der Waals surface area contributed by atoms with Crippen molar-refractivity contribution >= 4 is 25.6 Å². The fourth-order valence-electron chi connectivity index (χ4n) is 9.20. The first-order valence-electron chi connectivity index (χ1n) is 22.2. The van der Waals surface area contributed by atoms with Crippen molar-refractivity contribution in [3.63, 3.8) is 0 Å². The number of hydrogen-bond acceptors (Lipinski definition) is 9. The minimum absolute atomic E-state index is 0.0493. The van der Waals surface area contributed by atoms with E-state index in [-0.39, 0.29) is 29.7 Å². The molecular formula is C49H63F4N3O7S2. The first kappa shape index (κ1) is 51.8. The summed E-state index contributed by atoms with van der Waals surface area (Å²) in [6.45, 7) is 3.58. The van der Waals surface area contributed by atoms with Gasteiger partial charge in [-0.1, -0.05) is 69.7 Å². The van der Waals surface area contributed by atoms with Gasteiger partial charge in [-0.25, -0.2) is 34.4 Å². The van der Waals surface area contributed by atoms with Crippen LogP contribution in [0.5, 0.6) is 0 Å². The molecule has 5 N–H and O–H groups in total. The molecule has 0 radical (unpaired) electrons. The highest BCUT2D eigenvalue weighted by Crippen LogP contribution is 2.39. The monoisotopic (exact) mass is 945 g/mol. The van der Waals surface area contributed by atoms with Gasteiger partial charge >= 0.3 is 0 Å². The molecule has 1 amide bonds. The Bertz CT molecular complexity index is 2420. The molecule has 6 rings (SSSR count). The number of rotatable bonds is 17. The Morgan fingerprint density at radius 1 is 0.600 bits per heavy atom. The van der Waals surface area contributed by atoms with Crippen LogP contribution in [0.1, 0.15) is 100 Å². The van der Waals surface area contributed by atoms with Gasteiger partial charge in [-0.15, -0.1) is 0 Å². The summed E-state index contributed by atoms with van der Waals surface area (Å²) in [5.41, 5.74) is 1.67. The standard InChI is InChI=1S/C25H32F2N2O4S.C24H31F2NO3S/c1-17(30)29-23(13-18-11-20(26)15-21(27)12-18)24(31)16-28-25(9-4-3-5-10-25)19-7-6-8-22(14-19)34(2,32)33;1-17(11-18-12-20(25)15-21(26)13-18)23(28)16-27-24(9-4-3-5-10-24)19-7-6-8-22(14-19)31(2,29)30/h6-8,11-12,14-15,23-24,28,31H,3-5,9-10,13,16H2,1-2H3,(H,29,30);6-8,12-15,17,23,27-28H,3-5,9-11,16H2,1-2H3/t23-,24+;17-,23+/m00/s1. The van der Waals surface area contributed by atoms with Crippen LogP contribution in [0, 0.1) is 29.2 Å². The van der Waals surface area contributed by atoms with Crippen LogP contribution in [0.15, 0.2) is 94.7 Å². The first-order chi connectivity index (χ1) is 30.6. The molecule has 2 fully saturated rings. The fourth-order valence-corrected chi connectivity index (χ4v) is 10.5. The molecule has 0 bridgehead atoms. The lowest BCUT2D eigenvalue weighted by Crippen LogP contribution is -2.53. The molecule has 0 aliphatic heterocycles. The molecule has 16 heteroatoms. The fraction of sp³-hybridized carbons (Fsp3) is 0.490. The second-order valence-electron chi connectivity index (χ2n) is 18.0. The Hall–Kier alpha value is -4.19. The molecule has 2 saturated carbocycles. The molecular weight excluding hydrogens is 883 g/mol. The van der Waals surface area contributed by atoms with Gasteiger partial charge in [0.2, 0.25) is 5.91 Å². The first-order valence-corrected chi connectivity index (χ1v) is 26.0. The third-order valence-corrected chi connectivity index (χ3v) is 14.9. The van der Waals surface area contributed by atoms with E-state index in [0.29, 0.717) is 29.0 Å². The van der Waals surface area contributed by atoms with Crippen molar-refractivity contribution in [2.24, 2.45) is 5.92 Å². The van der Waals surface area contributed by atoms with Gasteiger partial charge in [0.25, 0.3) is 0 Å². The summed E-state index contributed by atoms with van der Waals surface area (Å²) in [6, 6.07) is 19.7. The molecule has 0 saturated heterocycles. The van der Waals surface area contributed by atoms with Crippen molar-refractivity contribution in [3.8, 4) is 0 Å². The van der Waals surface area contributed by atoms with Gasteiger partial charge in [0.05, 0.1) is 28.0 Å². The number of nitrogens with one attached hydrogen (secondary N) is 3. The largest absolute Gasteiger partial charge is 0.392 e. The minimum Gasteiger partial charge on any atom is -0.392 e. The number of aliphatic hydroxyl groups excluding tert-OH is 2. The second-order valence-corrected chi connectivity index (χ2v) is 22.1.